The van der Waals surface area contributed by atoms with Gasteiger partial charge in [-0.2, -0.15) is 0 Å². The zero-order chi connectivity index (χ0) is 14.3. The molecule has 0 aliphatic carbocycles. The van der Waals surface area contributed by atoms with Crippen molar-refractivity contribution in [3.63, 3.8) is 0 Å². The fourth-order valence-electron chi connectivity index (χ4n) is 1.40. The second-order valence-corrected chi connectivity index (χ2v) is 5.48. The van der Waals surface area contributed by atoms with Crippen LogP contribution in [0.2, 0.25) is 0 Å². The number of aldehydes is 1. The highest BCUT2D eigenvalue weighted by Crippen LogP contribution is 2.20. The number of rotatable bonds is 7. The van der Waals surface area contributed by atoms with Gasteiger partial charge in [0, 0.05) is 16.6 Å². The van der Waals surface area contributed by atoms with Gasteiger partial charge in [0.2, 0.25) is 0 Å². The van der Waals surface area contributed by atoms with E-state index in [1.807, 2.05) is 0 Å². The van der Waals surface area contributed by atoms with Crippen LogP contribution in [0.15, 0.2) is 22.7 Å². The summed E-state index contributed by atoms with van der Waals surface area (Å²) in [6.45, 7) is 4.81. The lowest BCUT2D eigenvalue weighted by atomic mass is 10.1. The summed E-state index contributed by atoms with van der Waals surface area (Å²) in [5, 5.41) is 2.78. The molecule has 4 nitrogen and oxygen atoms in total. The number of hydrogen-bond donors (Lipinski definition) is 1. The molecule has 0 heterocycles. The molecule has 0 spiro atoms. The summed E-state index contributed by atoms with van der Waals surface area (Å²) in [5.74, 6) is 0.906. The van der Waals surface area contributed by atoms with Crippen LogP contribution in [0.3, 0.4) is 0 Å². The first-order valence-corrected chi connectivity index (χ1v) is 6.96. The smallest absolute Gasteiger partial charge is 0.257 e. The fraction of sp³-hybridized carbons (Fsp3) is 0.429. The first-order valence-electron chi connectivity index (χ1n) is 6.17. The molecule has 1 aromatic carbocycles. The molecule has 0 radical (unpaired) electrons. The summed E-state index contributed by atoms with van der Waals surface area (Å²) in [7, 11) is 0. The van der Waals surface area contributed by atoms with E-state index in [0.29, 0.717) is 28.2 Å². The molecule has 0 bridgehead atoms. The molecule has 1 amide bonds. The molecule has 1 rings (SSSR count). The summed E-state index contributed by atoms with van der Waals surface area (Å²) in [5.41, 5.74) is 0.498. The van der Waals surface area contributed by atoms with Crippen LogP contribution in [0.4, 0.5) is 0 Å². The monoisotopic (exact) mass is 327 g/mol. The number of amides is 1. The number of carbonyl (C=O) groups is 2. The largest absolute Gasteiger partial charge is 0.484 e. The van der Waals surface area contributed by atoms with E-state index in [1.165, 1.54) is 0 Å². The Bertz CT molecular complexity index is 446. The molecule has 0 unspecified atom stereocenters. The Balaban J connectivity index is 2.39. The molecule has 0 saturated carbocycles. The Morgan fingerprint density at radius 1 is 1.47 bits per heavy atom. The van der Waals surface area contributed by atoms with E-state index in [9.17, 15) is 9.59 Å². The molecular weight excluding hydrogens is 310 g/mol. The average molecular weight is 328 g/mol. The van der Waals surface area contributed by atoms with Gasteiger partial charge in [0.15, 0.2) is 12.9 Å². The molecule has 5 heteroatoms. The Kier molecular flexibility index (Phi) is 6.56. The zero-order valence-corrected chi connectivity index (χ0v) is 12.7. The zero-order valence-electron chi connectivity index (χ0n) is 11.1. The molecule has 0 aliphatic heterocycles. The summed E-state index contributed by atoms with van der Waals surface area (Å²) in [6.07, 6.45) is 1.68. The Hall–Kier alpha value is -1.36. The second kappa shape index (κ2) is 7.94. The van der Waals surface area contributed by atoms with E-state index in [1.54, 1.807) is 18.2 Å². The maximum Gasteiger partial charge on any atom is 0.257 e. The summed E-state index contributed by atoms with van der Waals surface area (Å²) < 4.78 is 6.04. The number of ether oxygens (including phenoxy) is 1. The summed E-state index contributed by atoms with van der Waals surface area (Å²) >= 11 is 3.25. The average Bonchev–Trinajstić information content (AvgIpc) is 2.37. The van der Waals surface area contributed by atoms with Crippen LogP contribution in [0.5, 0.6) is 5.75 Å². The van der Waals surface area contributed by atoms with Gasteiger partial charge >= 0.3 is 0 Å². The molecule has 0 fully saturated rings. The Morgan fingerprint density at radius 2 is 2.21 bits per heavy atom. The number of hydrogen-bond acceptors (Lipinski definition) is 3. The van der Waals surface area contributed by atoms with Gasteiger partial charge < -0.3 is 10.1 Å². The predicted octanol–water partition coefficient (Wildman–Crippen LogP) is 2.80. The first-order chi connectivity index (χ1) is 9.02. The summed E-state index contributed by atoms with van der Waals surface area (Å²) in [4.78, 5) is 22.3. The van der Waals surface area contributed by atoms with Crippen LogP contribution in [0, 0.1) is 5.92 Å². The minimum atomic E-state index is -0.156. The van der Waals surface area contributed by atoms with Crippen LogP contribution in [0.1, 0.15) is 30.6 Å². The SMILES string of the molecule is CC(C)CCNC(=O)COc1ccc(Br)c(C=O)c1. The molecular formula is C14H18BrNO3. The predicted molar refractivity (Wildman–Crippen MR) is 77.5 cm³/mol. The topological polar surface area (TPSA) is 55.4 Å². The maximum absolute atomic E-state index is 11.5. The minimum absolute atomic E-state index is 0.0436. The third-order valence-electron chi connectivity index (χ3n) is 2.51. The Labute approximate surface area is 121 Å². The highest BCUT2D eigenvalue weighted by molar-refractivity contribution is 9.10. The van der Waals surface area contributed by atoms with E-state index < -0.39 is 0 Å². The number of nitrogens with one attached hydrogen (secondary N) is 1. The van der Waals surface area contributed by atoms with E-state index in [2.05, 4.69) is 35.1 Å². The first kappa shape index (κ1) is 15.7. The molecule has 19 heavy (non-hydrogen) atoms. The van der Waals surface area contributed by atoms with Gasteiger partial charge in [0.25, 0.3) is 5.91 Å². The molecule has 1 N–H and O–H groups in total. The van der Waals surface area contributed by atoms with Crippen molar-refractivity contribution in [2.24, 2.45) is 5.92 Å². The fourth-order valence-corrected chi connectivity index (χ4v) is 1.74. The lowest BCUT2D eigenvalue weighted by Crippen LogP contribution is -2.30. The van der Waals surface area contributed by atoms with Gasteiger partial charge in [-0.1, -0.05) is 29.8 Å². The van der Waals surface area contributed by atoms with E-state index in [4.69, 9.17) is 4.74 Å². The van der Waals surface area contributed by atoms with Crippen molar-refractivity contribution >= 4 is 28.1 Å². The van der Waals surface area contributed by atoms with Crippen molar-refractivity contribution in [3.8, 4) is 5.75 Å². The standard InChI is InChI=1S/C14H18BrNO3/c1-10(2)5-6-16-14(18)9-19-12-3-4-13(15)11(7-12)8-17/h3-4,7-8,10H,5-6,9H2,1-2H3,(H,16,18). The third kappa shape index (κ3) is 5.87. The van der Waals surface area contributed by atoms with Crippen molar-refractivity contribution < 1.29 is 14.3 Å². The third-order valence-corrected chi connectivity index (χ3v) is 3.23. The van der Waals surface area contributed by atoms with Gasteiger partial charge in [0.05, 0.1) is 0 Å². The molecule has 0 atom stereocenters. The van der Waals surface area contributed by atoms with Gasteiger partial charge in [-0.15, -0.1) is 0 Å². The van der Waals surface area contributed by atoms with Crippen LogP contribution >= 0.6 is 15.9 Å². The Morgan fingerprint density at radius 3 is 2.84 bits per heavy atom. The van der Waals surface area contributed by atoms with Crippen molar-refractivity contribution in [1.29, 1.82) is 0 Å². The van der Waals surface area contributed by atoms with Crippen LogP contribution < -0.4 is 10.1 Å². The minimum Gasteiger partial charge on any atom is -0.484 e. The lowest BCUT2D eigenvalue weighted by Gasteiger charge is -2.09. The molecule has 1 aromatic rings. The van der Waals surface area contributed by atoms with Crippen LogP contribution in [-0.4, -0.2) is 25.3 Å². The normalized spacial score (nSPS) is 10.3. The van der Waals surface area contributed by atoms with Crippen molar-refractivity contribution in [1.82, 2.24) is 5.32 Å². The number of carbonyl (C=O) groups excluding carboxylic acids is 2. The summed E-state index contributed by atoms with van der Waals surface area (Å²) in [6, 6.07) is 5.02. The van der Waals surface area contributed by atoms with E-state index in [-0.39, 0.29) is 12.5 Å². The van der Waals surface area contributed by atoms with Gasteiger partial charge in [0.1, 0.15) is 5.75 Å². The molecule has 0 aliphatic rings. The van der Waals surface area contributed by atoms with Crippen molar-refractivity contribution in [2.75, 3.05) is 13.2 Å². The van der Waals surface area contributed by atoms with Crippen LogP contribution in [-0.2, 0) is 4.79 Å². The van der Waals surface area contributed by atoms with Crippen molar-refractivity contribution in [3.05, 3.63) is 28.2 Å². The van der Waals surface area contributed by atoms with Gasteiger partial charge in [-0.05, 0) is 30.5 Å². The van der Waals surface area contributed by atoms with Crippen molar-refractivity contribution in [2.45, 2.75) is 20.3 Å². The molecule has 104 valence electrons. The quantitative estimate of drug-likeness (QED) is 0.783. The van der Waals surface area contributed by atoms with E-state index in [0.717, 1.165) is 12.7 Å². The number of halogens is 1. The van der Waals surface area contributed by atoms with Crippen LogP contribution in [0.25, 0.3) is 0 Å². The molecule has 0 aromatic heterocycles. The van der Waals surface area contributed by atoms with E-state index >= 15 is 0 Å². The maximum atomic E-state index is 11.5. The van der Waals surface area contributed by atoms with Gasteiger partial charge in [-0.25, -0.2) is 0 Å². The lowest BCUT2D eigenvalue weighted by molar-refractivity contribution is -0.123. The molecule has 0 saturated heterocycles. The second-order valence-electron chi connectivity index (χ2n) is 4.62. The highest BCUT2D eigenvalue weighted by atomic mass is 79.9. The van der Waals surface area contributed by atoms with Gasteiger partial charge in [-0.3, -0.25) is 9.59 Å². The number of benzene rings is 1. The highest BCUT2D eigenvalue weighted by Gasteiger charge is 2.05.